The van der Waals surface area contributed by atoms with E-state index in [2.05, 4.69) is 20.5 Å². The SMILES string of the molecule is COCCCn1c(NC(=O)CSc2nnc(-c3ccccc3)s2)cc(=O)[nH]c1=O. The fraction of sp³-hybridized carbons (Fsp3) is 0.278. The maximum atomic E-state index is 12.3. The molecule has 1 amide bonds. The quantitative estimate of drug-likeness (QED) is 0.390. The number of nitrogens with one attached hydrogen (secondary N) is 2. The number of rotatable bonds is 9. The molecule has 0 aliphatic carbocycles. The highest BCUT2D eigenvalue weighted by atomic mass is 32.2. The number of carbonyl (C=O) groups is 1. The van der Waals surface area contributed by atoms with E-state index in [0.29, 0.717) is 23.9 Å². The number of hydrogen-bond acceptors (Lipinski definition) is 8. The molecule has 0 aliphatic rings. The Labute approximate surface area is 174 Å². The number of amides is 1. The second-order valence-corrected chi connectivity index (χ2v) is 8.10. The first-order valence-corrected chi connectivity index (χ1v) is 10.5. The van der Waals surface area contributed by atoms with Gasteiger partial charge in [0.05, 0.1) is 5.75 Å². The van der Waals surface area contributed by atoms with E-state index in [-0.39, 0.29) is 17.5 Å². The summed E-state index contributed by atoms with van der Waals surface area (Å²) in [5.74, 6) is -0.123. The third-order valence-corrected chi connectivity index (χ3v) is 5.89. The van der Waals surface area contributed by atoms with E-state index in [1.807, 2.05) is 30.3 Å². The Hall–Kier alpha value is -2.76. The minimum absolute atomic E-state index is 0.0719. The maximum Gasteiger partial charge on any atom is 0.329 e. The Kier molecular flexibility index (Phi) is 7.33. The van der Waals surface area contributed by atoms with Crippen LogP contribution in [-0.2, 0) is 16.1 Å². The van der Waals surface area contributed by atoms with Gasteiger partial charge in [-0.2, -0.15) is 0 Å². The van der Waals surface area contributed by atoms with Crippen molar-refractivity contribution in [1.82, 2.24) is 19.7 Å². The maximum absolute atomic E-state index is 12.3. The number of carbonyl (C=O) groups excluding carboxylic acids is 1. The second kappa shape index (κ2) is 10.1. The van der Waals surface area contributed by atoms with Crippen molar-refractivity contribution in [1.29, 1.82) is 0 Å². The molecule has 3 aromatic rings. The van der Waals surface area contributed by atoms with Gasteiger partial charge in [-0.3, -0.25) is 19.1 Å². The van der Waals surface area contributed by atoms with E-state index in [9.17, 15) is 14.4 Å². The zero-order valence-corrected chi connectivity index (χ0v) is 17.2. The molecule has 29 heavy (non-hydrogen) atoms. The van der Waals surface area contributed by atoms with Crippen LogP contribution in [0.15, 0.2) is 50.3 Å². The standard InChI is InChI=1S/C18H19N5O4S2/c1-27-9-5-8-23-13(10-14(24)20-17(23)26)19-15(25)11-28-18-22-21-16(29-18)12-6-3-2-4-7-12/h2-4,6-7,10H,5,8-9,11H2,1H3,(H,19,25)(H,20,24,26). The molecule has 9 nitrogen and oxygen atoms in total. The summed E-state index contributed by atoms with van der Waals surface area (Å²) in [5.41, 5.74) is -0.185. The molecule has 0 atom stereocenters. The monoisotopic (exact) mass is 433 g/mol. The Bertz CT molecular complexity index is 1080. The first-order chi connectivity index (χ1) is 14.1. The number of H-pyrrole nitrogens is 1. The number of benzene rings is 1. The minimum atomic E-state index is -0.576. The lowest BCUT2D eigenvalue weighted by atomic mass is 10.2. The zero-order valence-electron chi connectivity index (χ0n) is 15.6. The summed E-state index contributed by atoms with van der Waals surface area (Å²) in [6.45, 7) is 0.763. The van der Waals surface area contributed by atoms with Crippen LogP contribution in [0.4, 0.5) is 5.82 Å². The molecule has 2 heterocycles. The van der Waals surface area contributed by atoms with Crippen LogP contribution in [0.3, 0.4) is 0 Å². The van der Waals surface area contributed by atoms with E-state index in [1.54, 1.807) is 7.11 Å². The highest BCUT2D eigenvalue weighted by Gasteiger charge is 2.12. The molecule has 2 aromatic heterocycles. The normalized spacial score (nSPS) is 10.8. The van der Waals surface area contributed by atoms with Crippen LogP contribution in [-0.4, -0.2) is 45.1 Å². The zero-order chi connectivity index (χ0) is 20.6. The molecular weight excluding hydrogens is 414 g/mol. The third kappa shape index (κ3) is 5.86. The van der Waals surface area contributed by atoms with Crippen LogP contribution in [0.2, 0.25) is 0 Å². The van der Waals surface area contributed by atoms with Gasteiger partial charge in [0.25, 0.3) is 5.56 Å². The summed E-state index contributed by atoms with van der Waals surface area (Å²) in [5, 5.41) is 11.6. The molecule has 11 heteroatoms. The van der Waals surface area contributed by atoms with Crippen LogP contribution in [0, 0.1) is 0 Å². The Balaban J connectivity index is 1.63. The van der Waals surface area contributed by atoms with Gasteiger partial charge in [0.15, 0.2) is 4.34 Å². The number of thioether (sulfide) groups is 1. The highest BCUT2D eigenvalue weighted by molar-refractivity contribution is 8.01. The summed E-state index contributed by atoms with van der Waals surface area (Å²) < 4.78 is 6.94. The van der Waals surface area contributed by atoms with Gasteiger partial charge in [0.1, 0.15) is 10.8 Å². The number of ether oxygens (including phenoxy) is 1. The molecule has 0 aliphatic heterocycles. The van der Waals surface area contributed by atoms with Crippen molar-refractivity contribution in [2.75, 3.05) is 24.8 Å². The third-order valence-electron chi connectivity index (χ3n) is 3.79. The van der Waals surface area contributed by atoms with Crippen LogP contribution in [0.1, 0.15) is 6.42 Å². The molecule has 0 saturated heterocycles. The number of aromatic nitrogens is 4. The van der Waals surface area contributed by atoms with Gasteiger partial charge in [0, 0.05) is 31.9 Å². The molecule has 152 valence electrons. The van der Waals surface area contributed by atoms with Gasteiger partial charge in [0.2, 0.25) is 5.91 Å². The first kappa shape index (κ1) is 21.0. The predicted octanol–water partition coefficient (Wildman–Crippen LogP) is 1.82. The van der Waals surface area contributed by atoms with Crippen molar-refractivity contribution in [3.8, 4) is 10.6 Å². The molecule has 2 N–H and O–H groups in total. The number of nitrogens with zero attached hydrogens (tertiary/aromatic N) is 3. The van der Waals surface area contributed by atoms with Crippen LogP contribution < -0.4 is 16.6 Å². The van der Waals surface area contributed by atoms with Gasteiger partial charge < -0.3 is 10.1 Å². The Morgan fingerprint density at radius 1 is 1.28 bits per heavy atom. The van der Waals surface area contributed by atoms with E-state index in [1.165, 1.54) is 33.7 Å². The van der Waals surface area contributed by atoms with E-state index in [0.717, 1.165) is 10.6 Å². The average Bonchev–Trinajstić information content (AvgIpc) is 3.18. The second-order valence-electron chi connectivity index (χ2n) is 5.90. The Morgan fingerprint density at radius 2 is 2.07 bits per heavy atom. The van der Waals surface area contributed by atoms with Crippen LogP contribution in [0.5, 0.6) is 0 Å². The summed E-state index contributed by atoms with van der Waals surface area (Å²) in [6.07, 6.45) is 0.563. The highest BCUT2D eigenvalue weighted by Crippen LogP contribution is 2.29. The van der Waals surface area contributed by atoms with Crippen LogP contribution in [0.25, 0.3) is 10.6 Å². The lowest BCUT2D eigenvalue weighted by Gasteiger charge is -2.12. The van der Waals surface area contributed by atoms with Gasteiger partial charge in [-0.15, -0.1) is 10.2 Å². The van der Waals surface area contributed by atoms with Gasteiger partial charge in [-0.05, 0) is 6.42 Å². The van der Waals surface area contributed by atoms with Gasteiger partial charge in [-0.1, -0.05) is 53.4 Å². The molecule has 1 aromatic carbocycles. The molecule has 3 rings (SSSR count). The molecular formula is C18H19N5O4S2. The summed E-state index contributed by atoms with van der Waals surface area (Å²) in [7, 11) is 1.56. The number of aromatic amines is 1. The molecule has 0 fully saturated rings. The molecule has 0 spiro atoms. The van der Waals surface area contributed by atoms with Crippen molar-refractivity contribution >= 4 is 34.8 Å². The summed E-state index contributed by atoms with van der Waals surface area (Å²) in [4.78, 5) is 38.2. The number of methoxy groups -OCH3 is 1. The van der Waals surface area contributed by atoms with Crippen molar-refractivity contribution in [3.05, 3.63) is 57.2 Å². The molecule has 0 radical (unpaired) electrons. The molecule has 0 bridgehead atoms. The summed E-state index contributed by atoms with van der Waals surface area (Å²) in [6, 6.07) is 10.8. The van der Waals surface area contributed by atoms with Crippen molar-refractivity contribution in [3.63, 3.8) is 0 Å². The van der Waals surface area contributed by atoms with Crippen molar-refractivity contribution < 1.29 is 9.53 Å². The van der Waals surface area contributed by atoms with Gasteiger partial charge >= 0.3 is 5.69 Å². The minimum Gasteiger partial charge on any atom is -0.385 e. The lowest BCUT2D eigenvalue weighted by molar-refractivity contribution is -0.113. The predicted molar refractivity (Wildman–Crippen MR) is 113 cm³/mol. The smallest absolute Gasteiger partial charge is 0.329 e. The van der Waals surface area contributed by atoms with E-state index in [4.69, 9.17) is 4.74 Å². The lowest BCUT2D eigenvalue weighted by Crippen LogP contribution is -2.33. The fourth-order valence-electron chi connectivity index (χ4n) is 2.48. The van der Waals surface area contributed by atoms with Gasteiger partial charge in [-0.25, -0.2) is 4.79 Å². The number of anilines is 1. The Morgan fingerprint density at radius 3 is 2.83 bits per heavy atom. The van der Waals surface area contributed by atoms with Crippen molar-refractivity contribution in [2.45, 2.75) is 17.3 Å². The average molecular weight is 434 g/mol. The topological polar surface area (TPSA) is 119 Å². The molecule has 0 saturated carbocycles. The summed E-state index contributed by atoms with van der Waals surface area (Å²) >= 11 is 2.63. The van der Waals surface area contributed by atoms with Crippen LogP contribution >= 0.6 is 23.1 Å². The molecule has 0 unspecified atom stereocenters. The first-order valence-electron chi connectivity index (χ1n) is 8.71. The fourth-order valence-corrected chi connectivity index (χ4v) is 4.14. The number of hydrogen-bond donors (Lipinski definition) is 2. The van der Waals surface area contributed by atoms with E-state index >= 15 is 0 Å². The van der Waals surface area contributed by atoms with Crippen molar-refractivity contribution in [2.24, 2.45) is 0 Å². The van der Waals surface area contributed by atoms with E-state index < -0.39 is 11.2 Å². The largest absolute Gasteiger partial charge is 0.385 e.